The molecule has 5 aromatic heterocycles. The van der Waals surface area contributed by atoms with Crippen LogP contribution in [0.1, 0.15) is 79.9 Å². The third-order valence-corrected chi connectivity index (χ3v) is 11.2. The number of aryl methyl sites for hydroxylation is 4. The summed E-state index contributed by atoms with van der Waals surface area (Å²) >= 11 is 0. The summed E-state index contributed by atoms with van der Waals surface area (Å²) in [5, 5.41) is 18.2. The van der Waals surface area contributed by atoms with Gasteiger partial charge in [-0.05, 0) is 82.4 Å². The van der Waals surface area contributed by atoms with E-state index in [1.54, 1.807) is 28.3 Å². The summed E-state index contributed by atoms with van der Waals surface area (Å²) in [5.41, 5.74) is 23.0. The molecule has 2 aliphatic rings. The number of nitrogens with one attached hydrogen (secondary N) is 3. The Labute approximate surface area is 351 Å². The number of pyridine rings is 1. The van der Waals surface area contributed by atoms with Gasteiger partial charge in [0.25, 0.3) is 11.8 Å². The van der Waals surface area contributed by atoms with Gasteiger partial charge >= 0.3 is 0 Å². The average Bonchev–Trinajstić information content (AvgIpc) is 4.06. The van der Waals surface area contributed by atoms with Crippen molar-refractivity contribution < 1.29 is 19.2 Å². The monoisotopic (exact) mass is 832 g/mol. The number of hydrogen-bond donors (Lipinski definition) is 6. The van der Waals surface area contributed by atoms with Gasteiger partial charge in [-0.25, -0.2) is 15.0 Å². The van der Waals surface area contributed by atoms with Crippen LogP contribution in [-0.4, -0.2) is 98.4 Å². The molecule has 0 spiro atoms. The molecule has 20 nitrogen and oxygen atoms in total. The minimum Gasteiger partial charge on any atom is -0.395 e. The minimum atomic E-state index is -0.670. The number of fused-ring (bicyclic) bond motifs is 3. The summed E-state index contributed by atoms with van der Waals surface area (Å²) in [6.07, 6.45) is 5.13. The number of nitrogens with zero attached hydrogens (tertiary/aromatic N) is 10. The lowest BCUT2D eigenvalue weighted by molar-refractivity contribution is 0.0991. The largest absolute Gasteiger partial charge is 0.395 e. The molecule has 2 unspecified atom stereocenters. The van der Waals surface area contributed by atoms with Crippen LogP contribution in [0.15, 0.2) is 42.6 Å². The van der Waals surface area contributed by atoms with E-state index < -0.39 is 17.7 Å². The number of aromatic nitrogens is 9. The summed E-state index contributed by atoms with van der Waals surface area (Å²) < 4.78 is 6.75. The molecule has 0 radical (unpaired) electrons. The highest BCUT2D eigenvalue weighted by atomic mass is 16.2. The minimum absolute atomic E-state index is 0. The smallest absolute Gasteiger partial charge is 0.278 e. The van der Waals surface area contributed by atoms with Crippen molar-refractivity contribution in [3.63, 3.8) is 0 Å². The number of imidazole rings is 2. The summed E-state index contributed by atoms with van der Waals surface area (Å²) in [6.45, 7) is 13.0. The summed E-state index contributed by atoms with van der Waals surface area (Å²) in [6, 6.07) is 6.70. The summed E-state index contributed by atoms with van der Waals surface area (Å²) in [5.74, 6) is -0.620. The number of nitrogen functional groups attached to an aromatic ring is 1. The van der Waals surface area contributed by atoms with Gasteiger partial charge < -0.3 is 27.1 Å². The number of hydrogen-bond acceptors (Lipinski definition) is 12. The number of allylic oxidation sites excluding steroid dienone is 2. The molecule has 0 aliphatic carbocycles. The Bertz CT molecular complexity index is 2710. The van der Waals surface area contributed by atoms with E-state index >= 15 is 0 Å². The Kier molecular flexibility index (Phi) is 11.7. The zero-order valence-electron chi connectivity index (χ0n) is 33.9. The first-order chi connectivity index (χ1) is 28.8. The van der Waals surface area contributed by atoms with E-state index in [0.717, 1.165) is 37.3 Å². The highest BCUT2D eigenvalue weighted by molar-refractivity contribution is 6.07. The topological polar surface area (TPSA) is 270 Å². The molecule has 9 N–H and O–H groups in total. The van der Waals surface area contributed by atoms with E-state index in [2.05, 4.69) is 41.0 Å². The van der Waals surface area contributed by atoms with Crippen LogP contribution in [0.25, 0.3) is 22.2 Å². The first-order valence-corrected chi connectivity index (χ1v) is 19.9. The third kappa shape index (κ3) is 8.06. The maximum Gasteiger partial charge on any atom is 0.278 e. The highest BCUT2D eigenvalue weighted by Crippen LogP contribution is 2.32. The molecule has 2 saturated heterocycles. The number of likely N-dealkylation sites (tertiary alicyclic amines) is 1. The van der Waals surface area contributed by atoms with Crippen molar-refractivity contribution >= 4 is 63.4 Å². The second kappa shape index (κ2) is 17.0. The van der Waals surface area contributed by atoms with E-state index in [0.29, 0.717) is 70.8 Å². The quantitative estimate of drug-likeness (QED) is 0.0865. The van der Waals surface area contributed by atoms with Gasteiger partial charge in [0.15, 0.2) is 5.65 Å². The van der Waals surface area contributed by atoms with Crippen LogP contribution in [0.2, 0.25) is 0 Å². The summed E-state index contributed by atoms with van der Waals surface area (Å²) in [7, 11) is 0. The molecule has 2 atom stereocenters. The second-order valence-corrected chi connectivity index (χ2v) is 15.3. The molecule has 7 heterocycles. The van der Waals surface area contributed by atoms with Crippen LogP contribution in [-0.2, 0) is 32.7 Å². The fourth-order valence-corrected chi connectivity index (χ4v) is 8.35. The lowest BCUT2D eigenvalue weighted by Crippen LogP contribution is -2.26. The molecular weight excluding hydrogens is 781 g/mol. The van der Waals surface area contributed by atoms with Crippen LogP contribution >= 0.6 is 0 Å². The van der Waals surface area contributed by atoms with Crippen molar-refractivity contribution in [2.24, 2.45) is 23.3 Å². The Morgan fingerprint density at radius 1 is 0.820 bits per heavy atom. The van der Waals surface area contributed by atoms with E-state index in [1.807, 2.05) is 43.6 Å². The maximum absolute atomic E-state index is 13.8. The maximum atomic E-state index is 13.8. The molecule has 320 valence electrons. The van der Waals surface area contributed by atoms with Gasteiger partial charge in [0.1, 0.15) is 16.9 Å². The number of anilines is 3. The van der Waals surface area contributed by atoms with Gasteiger partial charge in [-0.15, -0.1) is 0 Å². The first-order valence-electron chi connectivity index (χ1n) is 19.9. The van der Waals surface area contributed by atoms with Gasteiger partial charge in [-0.2, -0.15) is 10.2 Å². The molecule has 4 amide bonds. The second-order valence-electron chi connectivity index (χ2n) is 15.3. The van der Waals surface area contributed by atoms with Crippen molar-refractivity contribution in [1.29, 1.82) is 0 Å². The predicted octanol–water partition coefficient (Wildman–Crippen LogP) is 2.66. The standard InChI is InChI=1S/C40H48N16O4.CH4/c1-5-55-30(11-21(3)50-55)37(59)48-39-46-28-13-23(34(42)57)12-25(18-52-19-26-15-44-16-27(26)20-52)32(28)53(39)9-7-8-10-54-36-29(14-24(17-45-36)35(43)58)47-40(54)49-38(60)33-31(41)22(4)51-56(33)6-2;/h7-8,11-14,17,26-27,44H,5-6,9-10,15-16,18-20,41H2,1-4H3,(H2,42,57)(H2,43,58)(H,46,48,59)(H,47,49,60);1H4/b8-7+;. The molecule has 6 aromatic rings. The number of benzene rings is 1. The number of rotatable bonds is 14. The third-order valence-electron chi connectivity index (χ3n) is 11.2. The Morgan fingerprint density at radius 2 is 1.44 bits per heavy atom. The van der Waals surface area contributed by atoms with Gasteiger partial charge in [-0.1, -0.05) is 19.6 Å². The van der Waals surface area contributed by atoms with E-state index in [-0.39, 0.29) is 55.3 Å². The van der Waals surface area contributed by atoms with Crippen molar-refractivity contribution in [3.05, 3.63) is 82.1 Å². The number of primary amides is 2. The molecular formula is C41H52N16O4. The lowest BCUT2D eigenvalue weighted by atomic mass is 10.0. The normalized spacial score (nSPS) is 16.4. The van der Waals surface area contributed by atoms with E-state index in [1.165, 1.54) is 16.9 Å². The van der Waals surface area contributed by atoms with Gasteiger partial charge in [0.2, 0.25) is 23.7 Å². The van der Waals surface area contributed by atoms with Crippen LogP contribution < -0.4 is 33.2 Å². The SMILES string of the molecule is C.CCn1nc(C)cc1C(=O)Nc1nc2cc(C(N)=O)cc(CN3CC4CNCC4C3)c2n1C/C=C/Cn1c(NC(=O)c2c(N)c(C)nn2CC)nc2cc(C(N)=O)cnc21. The lowest BCUT2D eigenvalue weighted by Gasteiger charge is -2.19. The first kappa shape index (κ1) is 42.2. The molecule has 8 rings (SSSR count). The Hall–Kier alpha value is -6.93. The van der Waals surface area contributed by atoms with Crippen LogP contribution in [0, 0.1) is 25.7 Å². The molecule has 1 aromatic carbocycles. The van der Waals surface area contributed by atoms with Crippen LogP contribution in [0.3, 0.4) is 0 Å². The van der Waals surface area contributed by atoms with Crippen LogP contribution in [0.5, 0.6) is 0 Å². The van der Waals surface area contributed by atoms with Crippen LogP contribution in [0.4, 0.5) is 17.6 Å². The molecule has 2 fully saturated rings. The van der Waals surface area contributed by atoms with Crippen molar-refractivity contribution in [1.82, 2.24) is 53.9 Å². The average molecular weight is 833 g/mol. The van der Waals surface area contributed by atoms with Gasteiger partial charge in [-0.3, -0.25) is 48.6 Å². The Balaban J connectivity index is 0.00000561. The van der Waals surface area contributed by atoms with E-state index in [4.69, 9.17) is 22.2 Å². The summed E-state index contributed by atoms with van der Waals surface area (Å²) in [4.78, 5) is 68.5. The number of carbonyl (C=O) groups excluding carboxylic acids is 4. The number of amides is 4. The molecule has 0 bridgehead atoms. The zero-order valence-corrected chi connectivity index (χ0v) is 33.9. The van der Waals surface area contributed by atoms with E-state index in [9.17, 15) is 19.2 Å². The fraction of sp³-hybridized carbons (Fsp3) is 0.390. The number of nitrogens with two attached hydrogens (primary N) is 3. The van der Waals surface area contributed by atoms with Crippen molar-refractivity contribution in [2.45, 2.75) is 67.8 Å². The van der Waals surface area contributed by atoms with Gasteiger partial charge in [0.05, 0.1) is 33.7 Å². The molecule has 61 heavy (non-hydrogen) atoms. The Morgan fingerprint density at radius 3 is 2.11 bits per heavy atom. The zero-order chi connectivity index (χ0) is 42.4. The van der Waals surface area contributed by atoms with Gasteiger partial charge in [0, 0.05) is 57.6 Å². The van der Waals surface area contributed by atoms with Crippen molar-refractivity contribution in [3.8, 4) is 0 Å². The number of carbonyl (C=O) groups is 4. The molecule has 0 saturated carbocycles. The molecule has 2 aliphatic heterocycles. The fourth-order valence-electron chi connectivity index (χ4n) is 8.35. The van der Waals surface area contributed by atoms with Crippen molar-refractivity contribution in [2.75, 3.05) is 42.5 Å². The predicted molar refractivity (Wildman–Crippen MR) is 231 cm³/mol. The highest BCUT2D eigenvalue weighted by Gasteiger charge is 2.36. The molecule has 20 heteroatoms.